The summed E-state index contributed by atoms with van der Waals surface area (Å²) in [5.41, 5.74) is 1.36. The first-order valence-corrected chi connectivity index (χ1v) is 8.68. The number of carbonyl (C=O) groups is 1. The molecule has 1 atom stereocenters. The highest BCUT2D eigenvalue weighted by molar-refractivity contribution is 6.00. The van der Waals surface area contributed by atoms with Crippen molar-refractivity contribution in [2.45, 2.75) is 53.0 Å². The van der Waals surface area contributed by atoms with E-state index in [2.05, 4.69) is 24.1 Å². The third-order valence-electron chi connectivity index (χ3n) is 3.84. The summed E-state index contributed by atoms with van der Waals surface area (Å²) in [6.45, 7) is 8.20. The molecule has 2 rings (SSSR count). The molecule has 0 spiro atoms. The molecular formula is C19H30N2O3. The van der Waals surface area contributed by atoms with E-state index in [0.29, 0.717) is 17.2 Å². The number of aromatic nitrogens is 1. The Bertz CT molecular complexity index is 649. The first-order chi connectivity index (χ1) is 11.6. The van der Waals surface area contributed by atoms with Gasteiger partial charge in [-0.05, 0) is 18.9 Å². The molecular weight excluding hydrogens is 304 g/mol. The third-order valence-corrected chi connectivity index (χ3v) is 3.84. The Morgan fingerprint density at radius 2 is 1.88 bits per heavy atom. The van der Waals surface area contributed by atoms with Crippen LogP contribution in [0.25, 0.3) is 10.9 Å². The number of hydrogen-bond acceptors (Lipinski definition) is 3. The number of nitrogens with one attached hydrogen (secondary N) is 2. The van der Waals surface area contributed by atoms with Crippen molar-refractivity contribution in [2.24, 2.45) is 0 Å². The van der Waals surface area contributed by atoms with Crippen LogP contribution >= 0.6 is 0 Å². The van der Waals surface area contributed by atoms with Gasteiger partial charge in [0.25, 0.3) is 5.91 Å². The molecule has 1 amide bonds. The fraction of sp³-hybridized carbons (Fsp3) is 0.526. The van der Waals surface area contributed by atoms with Gasteiger partial charge in [0.2, 0.25) is 0 Å². The van der Waals surface area contributed by atoms with E-state index in [9.17, 15) is 4.79 Å². The number of amides is 1. The van der Waals surface area contributed by atoms with Crippen molar-refractivity contribution in [1.82, 2.24) is 10.3 Å². The lowest BCUT2D eigenvalue weighted by Crippen LogP contribution is -2.34. The van der Waals surface area contributed by atoms with Crippen LogP contribution in [-0.2, 0) is 0 Å². The maximum atomic E-state index is 12.4. The molecule has 0 fully saturated rings. The standard InChI is InChI=1S/C17H24N2O3.C2H6/c1-5-7-11(6-2)18-17(20)15-10-13-14(19-15)8-12(21-3)9-16(13)22-4;1-2/h8-11,19H,5-7H2,1-4H3,(H,18,20);1-2H3. The Morgan fingerprint density at radius 1 is 1.17 bits per heavy atom. The van der Waals surface area contributed by atoms with Crippen LogP contribution < -0.4 is 14.8 Å². The topological polar surface area (TPSA) is 63.4 Å². The van der Waals surface area contributed by atoms with Crippen LogP contribution in [0.2, 0.25) is 0 Å². The summed E-state index contributed by atoms with van der Waals surface area (Å²) < 4.78 is 10.6. The number of rotatable bonds is 7. The molecule has 0 radical (unpaired) electrons. The summed E-state index contributed by atoms with van der Waals surface area (Å²) in [4.78, 5) is 15.5. The molecule has 134 valence electrons. The van der Waals surface area contributed by atoms with Crippen molar-refractivity contribution in [3.63, 3.8) is 0 Å². The molecule has 0 aliphatic rings. The summed E-state index contributed by atoms with van der Waals surface area (Å²) in [5.74, 6) is 1.29. The van der Waals surface area contributed by atoms with E-state index in [0.717, 1.165) is 30.2 Å². The zero-order valence-corrected chi connectivity index (χ0v) is 15.7. The van der Waals surface area contributed by atoms with Gasteiger partial charge in [0.15, 0.2) is 0 Å². The van der Waals surface area contributed by atoms with E-state index < -0.39 is 0 Å². The summed E-state index contributed by atoms with van der Waals surface area (Å²) in [6.07, 6.45) is 2.97. The first kappa shape index (κ1) is 19.9. The third kappa shape index (κ3) is 4.66. The fourth-order valence-corrected chi connectivity index (χ4v) is 2.58. The molecule has 0 saturated heterocycles. The van der Waals surface area contributed by atoms with Crippen LogP contribution in [0.4, 0.5) is 0 Å². The highest BCUT2D eigenvalue weighted by atomic mass is 16.5. The second kappa shape index (κ2) is 9.85. The van der Waals surface area contributed by atoms with Gasteiger partial charge in [-0.15, -0.1) is 0 Å². The van der Waals surface area contributed by atoms with Gasteiger partial charge in [-0.3, -0.25) is 4.79 Å². The summed E-state index contributed by atoms with van der Waals surface area (Å²) >= 11 is 0. The van der Waals surface area contributed by atoms with Crippen LogP contribution in [0.5, 0.6) is 11.5 Å². The monoisotopic (exact) mass is 334 g/mol. The van der Waals surface area contributed by atoms with Gasteiger partial charge in [-0.1, -0.05) is 34.1 Å². The molecule has 2 N–H and O–H groups in total. The lowest BCUT2D eigenvalue weighted by molar-refractivity contribution is 0.0929. The normalized spacial score (nSPS) is 11.4. The minimum Gasteiger partial charge on any atom is -0.497 e. The van der Waals surface area contributed by atoms with E-state index in [-0.39, 0.29) is 11.9 Å². The molecule has 0 saturated carbocycles. The van der Waals surface area contributed by atoms with Gasteiger partial charge >= 0.3 is 0 Å². The SMILES string of the molecule is CC.CCCC(CC)NC(=O)c1cc2c(OC)cc(OC)cc2[nH]1. The maximum absolute atomic E-state index is 12.4. The Labute approximate surface area is 144 Å². The second-order valence-corrected chi connectivity index (χ2v) is 5.34. The molecule has 1 aromatic heterocycles. The zero-order chi connectivity index (χ0) is 18.1. The number of ether oxygens (including phenoxy) is 2. The van der Waals surface area contributed by atoms with Gasteiger partial charge in [0.05, 0.1) is 19.7 Å². The minimum atomic E-state index is -0.0856. The van der Waals surface area contributed by atoms with Crippen molar-refractivity contribution < 1.29 is 14.3 Å². The van der Waals surface area contributed by atoms with Crippen LogP contribution in [0, 0.1) is 0 Å². The smallest absolute Gasteiger partial charge is 0.267 e. The highest BCUT2D eigenvalue weighted by Crippen LogP contribution is 2.31. The summed E-state index contributed by atoms with van der Waals surface area (Å²) in [5, 5.41) is 3.94. The Balaban J connectivity index is 0.00000139. The molecule has 5 heteroatoms. The number of aromatic amines is 1. The average Bonchev–Trinajstić information content (AvgIpc) is 3.06. The largest absolute Gasteiger partial charge is 0.497 e. The van der Waals surface area contributed by atoms with Gasteiger partial charge in [0, 0.05) is 23.6 Å². The Kier molecular flexibility index (Phi) is 8.16. The predicted octanol–water partition coefficient (Wildman–Crippen LogP) is 4.52. The van der Waals surface area contributed by atoms with E-state index in [1.807, 2.05) is 32.0 Å². The molecule has 0 aliphatic carbocycles. The van der Waals surface area contributed by atoms with Crippen LogP contribution in [0.15, 0.2) is 18.2 Å². The second-order valence-electron chi connectivity index (χ2n) is 5.34. The van der Waals surface area contributed by atoms with Crippen molar-refractivity contribution >= 4 is 16.8 Å². The predicted molar refractivity (Wildman–Crippen MR) is 99.2 cm³/mol. The lowest BCUT2D eigenvalue weighted by atomic mass is 10.1. The number of benzene rings is 1. The molecule has 0 bridgehead atoms. The van der Waals surface area contributed by atoms with Gasteiger partial charge in [-0.2, -0.15) is 0 Å². The fourth-order valence-electron chi connectivity index (χ4n) is 2.58. The summed E-state index contributed by atoms with van der Waals surface area (Å²) in [6, 6.07) is 5.70. The van der Waals surface area contributed by atoms with Crippen LogP contribution in [0.3, 0.4) is 0 Å². The van der Waals surface area contributed by atoms with E-state index >= 15 is 0 Å². The van der Waals surface area contributed by atoms with Crippen LogP contribution in [0.1, 0.15) is 57.4 Å². The van der Waals surface area contributed by atoms with E-state index in [1.54, 1.807) is 14.2 Å². The molecule has 1 heterocycles. The van der Waals surface area contributed by atoms with E-state index in [1.165, 1.54) is 0 Å². The highest BCUT2D eigenvalue weighted by Gasteiger charge is 2.16. The quantitative estimate of drug-likeness (QED) is 0.782. The van der Waals surface area contributed by atoms with Crippen molar-refractivity contribution in [3.8, 4) is 11.5 Å². The van der Waals surface area contributed by atoms with Gasteiger partial charge < -0.3 is 19.8 Å². The van der Waals surface area contributed by atoms with Crippen LogP contribution in [-0.4, -0.2) is 31.2 Å². The number of carbonyl (C=O) groups excluding carboxylic acids is 1. The average molecular weight is 334 g/mol. The Hall–Kier alpha value is -2.17. The molecule has 0 aliphatic heterocycles. The Morgan fingerprint density at radius 3 is 2.42 bits per heavy atom. The minimum absolute atomic E-state index is 0.0856. The maximum Gasteiger partial charge on any atom is 0.267 e. The molecule has 5 nitrogen and oxygen atoms in total. The number of H-pyrrole nitrogens is 1. The van der Waals surface area contributed by atoms with Gasteiger partial charge in [-0.25, -0.2) is 0 Å². The van der Waals surface area contributed by atoms with Gasteiger partial charge in [0.1, 0.15) is 17.2 Å². The number of fused-ring (bicyclic) bond motifs is 1. The molecule has 2 aromatic rings. The first-order valence-electron chi connectivity index (χ1n) is 8.68. The molecule has 1 unspecified atom stereocenters. The van der Waals surface area contributed by atoms with E-state index in [4.69, 9.17) is 9.47 Å². The summed E-state index contributed by atoms with van der Waals surface area (Å²) in [7, 11) is 3.21. The molecule has 24 heavy (non-hydrogen) atoms. The van der Waals surface area contributed by atoms with Crippen molar-refractivity contribution in [2.75, 3.05) is 14.2 Å². The zero-order valence-electron chi connectivity index (χ0n) is 15.7. The molecule has 1 aromatic carbocycles. The van der Waals surface area contributed by atoms with Crippen molar-refractivity contribution in [1.29, 1.82) is 0 Å². The number of methoxy groups -OCH3 is 2. The van der Waals surface area contributed by atoms with Crippen molar-refractivity contribution in [3.05, 3.63) is 23.9 Å². The number of hydrogen-bond donors (Lipinski definition) is 2. The lowest BCUT2D eigenvalue weighted by Gasteiger charge is -2.15.